The molecule has 0 saturated carbocycles. The molecule has 0 aromatic heterocycles. The zero-order valence-electron chi connectivity index (χ0n) is 8.92. The molecular formula is C11H9I2NO3. The van der Waals surface area contributed by atoms with Crippen LogP contribution in [-0.2, 0) is 9.53 Å². The summed E-state index contributed by atoms with van der Waals surface area (Å²) < 4.78 is 6.36. The quantitative estimate of drug-likeness (QED) is 0.320. The van der Waals surface area contributed by atoms with Gasteiger partial charge in [0.2, 0.25) is 0 Å². The number of carbonyl (C=O) groups is 2. The number of rotatable bonds is 2. The van der Waals surface area contributed by atoms with Gasteiger partial charge in [-0.2, -0.15) is 0 Å². The van der Waals surface area contributed by atoms with Crippen molar-refractivity contribution in [2.75, 3.05) is 5.32 Å². The van der Waals surface area contributed by atoms with Gasteiger partial charge in [-0.25, -0.2) is 9.59 Å². The minimum atomic E-state index is -0.807. The highest BCUT2D eigenvalue weighted by molar-refractivity contribution is 14.1. The molecule has 17 heavy (non-hydrogen) atoms. The lowest BCUT2D eigenvalue weighted by Gasteiger charge is -2.07. The normalized spacial score (nSPS) is 9.59. The minimum absolute atomic E-state index is 0.178. The summed E-state index contributed by atoms with van der Waals surface area (Å²) in [6, 6.07) is 5.56. The fourth-order valence-corrected chi connectivity index (χ4v) is 1.86. The average Bonchev–Trinajstić information content (AvgIpc) is 2.23. The van der Waals surface area contributed by atoms with Crippen LogP contribution in [0, 0.1) is 7.14 Å². The molecule has 90 valence electrons. The highest BCUT2D eigenvalue weighted by Crippen LogP contribution is 2.21. The van der Waals surface area contributed by atoms with E-state index in [0.29, 0.717) is 5.69 Å². The number of esters is 1. The molecule has 1 aromatic carbocycles. The molecule has 0 fully saturated rings. The highest BCUT2D eigenvalue weighted by atomic mass is 127. The highest BCUT2D eigenvalue weighted by Gasteiger charge is 2.12. The van der Waals surface area contributed by atoms with E-state index in [-0.39, 0.29) is 5.57 Å². The zero-order chi connectivity index (χ0) is 13.0. The fraction of sp³-hybridized carbons (Fsp3) is 0.0909. The summed E-state index contributed by atoms with van der Waals surface area (Å²) in [5.74, 6) is -0.733. The van der Waals surface area contributed by atoms with Gasteiger partial charge < -0.3 is 4.74 Å². The van der Waals surface area contributed by atoms with Gasteiger partial charge in [0.25, 0.3) is 0 Å². The average molecular weight is 457 g/mol. The van der Waals surface area contributed by atoms with Crippen molar-refractivity contribution in [1.29, 1.82) is 0 Å². The monoisotopic (exact) mass is 457 g/mol. The SMILES string of the molecule is C=C(C)C(=O)OC(=O)Nc1cc(I)ccc1I. The Kier molecular flexibility index (Phi) is 5.37. The van der Waals surface area contributed by atoms with E-state index in [1.807, 2.05) is 12.1 Å². The first-order valence-electron chi connectivity index (χ1n) is 4.54. The Bertz CT molecular complexity index is 486. The largest absolute Gasteiger partial charge is 0.419 e. The summed E-state index contributed by atoms with van der Waals surface area (Å²) in [5, 5.41) is 2.50. The molecule has 6 heteroatoms. The van der Waals surface area contributed by atoms with Crippen molar-refractivity contribution < 1.29 is 14.3 Å². The maximum absolute atomic E-state index is 11.4. The number of amides is 1. The van der Waals surface area contributed by atoms with Gasteiger partial charge in [-0.3, -0.25) is 5.32 Å². The minimum Gasteiger partial charge on any atom is -0.373 e. The van der Waals surface area contributed by atoms with Crippen LogP contribution in [0.25, 0.3) is 0 Å². The second-order valence-corrected chi connectivity index (χ2v) is 5.61. The van der Waals surface area contributed by atoms with E-state index in [1.54, 1.807) is 6.07 Å². The maximum Gasteiger partial charge on any atom is 0.419 e. The third-order valence-electron chi connectivity index (χ3n) is 1.70. The standard InChI is InChI=1S/C11H9I2NO3/c1-6(2)10(15)17-11(16)14-9-5-7(12)3-4-8(9)13/h3-5H,1H2,2H3,(H,14,16). The first kappa shape index (κ1) is 14.4. The van der Waals surface area contributed by atoms with E-state index in [0.717, 1.165) is 7.14 Å². The first-order chi connectivity index (χ1) is 7.90. The molecule has 0 radical (unpaired) electrons. The Morgan fingerprint density at radius 2 is 2.00 bits per heavy atom. The van der Waals surface area contributed by atoms with Crippen molar-refractivity contribution >= 4 is 62.9 Å². The topological polar surface area (TPSA) is 55.4 Å². The van der Waals surface area contributed by atoms with Gasteiger partial charge in [-0.1, -0.05) is 6.58 Å². The molecule has 1 N–H and O–H groups in total. The molecule has 0 atom stereocenters. The van der Waals surface area contributed by atoms with Gasteiger partial charge in [-0.05, 0) is 70.3 Å². The molecule has 0 heterocycles. The molecule has 0 saturated heterocycles. The third-order valence-corrected chi connectivity index (χ3v) is 3.31. The second kappa shape index (κ2) is 6.34. The van der Waals surface area contributed by atoms with Gasteiger partial charge in [0.15, 0.2) is 0 Å². The molecule has 1 aromatic rings. The summed E-state index contributed by atoms with van der Waals surface area (Å²) >= 11 is 4.21. The Balaban J connectivity index is 2.71. The van der Waals surface area contributed by atoms with Crippen molar-refractivity contribution in [2.24, 2.45) is 0 Å². The molecular weight excluding hydrogens is 448 g/mol. The molecule has 0 bridgehead atoms. The summed E-state index contributed by atoms with van der Waals surface area (Å²) in [5.41, 5.74) is 0.787. The van der Waals surface area contributed by atoms with Crippen molar-refractivity contribution in [3.8, 4) is 0 Å². The molecule has 0 unspecified atom stereocenters. The molecule has 1 rings (SSSR count). The van der Waals surface area contributed by atoms with Crippen LogP contribution in [0.15, 0.2) is 30.4 Å². The fourth-order valence-electron chi connectivity index (χ4n) is 0.900. The Morgan fingerprint density at radius 1 is 1.35 bits per heavy atom. The Labute approximate surface area is 126 Å². The summed E-state index contributed by atoms with van der Waals surface area (Å²) in [6.07, 6.45) is -0.807. The Morgan fingerprint density at radius 3 is 2.59 bits per heavy atom. The zero-order valence-corrected chi connectivity index (χ0v) is 13.2. The summed E-state index contributed by atoms with van der Waals surface area (Å²) in [4.78, 5) is 22.5. The number of halogens is 2. The number of carbonyl (C=O) groups excluding carboxylic acids is 2. The van der Waals surface area contributed by atoms with E-state index in [2.05, 4.69) is 61.8 Å². The van der Waals surface area contributed by atoms with Crippen LogP contribution in [0.4, 0.5) is 10.5 Å². The van der Waals surface area contributed by atoms with E-state index < -0.39 is 12.1 Å². The van der Waals surface area contributed by atoms with Crippen LogP contribution >= 0.6 is 45.2 Å². The summed E-state index contributed by atoms with van der Waals surface area (Å²) in [6.45, 7) is 4.87. The summed E-state index contributed by atoms with van der Waals surface area (Å²) in [7, 11) is 0. The first-order valence-corrected chi connectivity index (χ1v) is 6.69. The van der Waals surface area contributed by atoms with Crippen LogP contribution in [0.2, 0.25) is 0 Å². The van der Waals surface area contributed by atoms with Crippen molar-refractivity contribution in [3.05, 3.63) is 37.5 Å². The second-order valence-electron chi connectivity index (χ2n) is 3.21. The number of nitrogens with one attached hydrogen (secondary N) is 1. The van der Waals surface area contributed by atoms with E-state index in [9.17, 15) is 9.59 Å². The molecule has 0 aliphatic carbocycles. The van der Waals surface area contributed by atoms with Crippen LogP contribution < -0.4 is 5.32 Å². The number of hydrogen-bond acceptors (Lipinski definition) is 3. The Hall–Kier alpha value is -0.640. The number of anilines is 1. The lowest BCUT2D eigenvalue weighted by molar-refractivity contribution is -0.132. The van der Waals surface area contributed by atoms with Crippen molar-refractivity contribution in [2.45, 2.75) is 6.92 Å². The van der Waals surface area contributed by atoms with Gasteiger partial charge in [0.05, 0.1) is 5.69 Å². The van der Waals surface area contributed by atoms with Crippen LogP contribution in [0.1, 0.15) is 6.92 Å². The molecule has 1 amide bonds. The van der Waals surface area contributed by atoms with Gasteiger partial charge >= 0.3 is 12.1 Å². The van der Waals surface area contributed by atoms with E-state index in [4.69, 9.17) is 0 Å². The van der Waals surface area contributed by atoms with Crippen LogP contribution in [0.3, 0.4) is 0 Å². The lowest BCUT2D eigenvalue weighted by Crippen LogP contribution is -2.19. The number of benzene rings is 1. The van der Waals surface area contributed by atoms with Gasteiger partial charge in [0.1, 0.15) is 0 Å². The number of hydrogen-bond donors (Lipinski definition) is 1. The molecule has 0 aliphatic heterocycles. The molecule has 4 nitrogen and oxygen atoms in total. The third kappa shape index (κ3) is 4.62. The van der Waals surface area contributed by atoms with E-state index >= 15 is 0 Å². The predicted molar refractivity (Wildman–Crippen MR) is 81.8 cm³/mol. The maximum atomic E-state index is 11.4. The predicted octanol–water partition coefficient (Wildman–Crippen LogP) is 3.55. The van der Waals surface area contributed by atoms with E-state index in [1.165, 1.54) is 6.92 Å². The van der Waals surface area contributed by atoms with Crippen LogP contribution in [0.5, 0.6) is 0 Å². The van der Waals surface area contributed by atoms with Gasteiger partial charge in [-0.15, -0.1) is 0 Å². The molecule has 0 spiro atoms. The van der Waals surface area contributed by atoms with Crippen molar-refractivity contribution in [3.63, 3.8) is 0 Å². The smallest absolute Gasteiger partial charge is 0.373 e. The lowest BCUT2D eigenvalue weighted by atomic mass is 10.3. The van der Waals surface area contributed by atoms with Gasteiger partial charge in [0, 0.05) is 12.7 Å². The van der Waals surface area contributed by atoms with Crippen molar-refractivity contribution in [1.82, 2.24) is 0 Å². The van der Waals surface area contributed by atoms with Crippen LogP contribution in [-0.4, -0.2) is 12.1 Å². The molecule has 0 aliphatic rings. The number of ether oxygens (including phenoxy) is 1.